The number of amides is 1. The molecule has 0 radical (unpaired) electrons. The van der Waals surface area contributed by atoms with Crippen molar-refractivity contribution in [3.63, 3.8) is 0 Å². The molecule has 1 heterocycles. The predicted octanol–water partition coefficient (Wildman–Crippen LogP) is 2.58. The summed E-state index contributed by atoms with van der Waals surface area (Å²) in [5, 5.41) is 14.6. The van der Waals surface area contributed by atoms with Crippen molar-refractivity contribution in [1.29, 1.82) is 0 Å². The maximum absolute atomic E-state index is 13.6. The third-order valence-corrected chi connectivity index (χ3v) is 4.53. The largest absolute Gasteiger partial charge is 0.503 e. The van der Waals surface area contributed by atoms with Crippen LogP contribution in [0.1, 0.15) is 52.0 Å². The second kappa shape index (κ2) is 11.4. The van der Waals surface area contributed by atoms with Crippen LogP contribution in [0.25, 0.3) is 12.3 Å². The van der Waals surface area contributed by atoms with Gasteiger partial charge in [0.15, 0.2) is 17.4 Å². The Balaban J connectivity index is 1.99. The van der Waals surface area contributed by atoms with Gasteiger partial charge in [0.05, 0.1) is 0 Å². The zero-order valence-corrected chi connectivity index (χ0v) is 18.8. The first-order chi connectivity index (χ1) is 15.5. The molecule has 0 aliphatic carbocycles. The van der Waals surface area contributed by atoms with E-state index >= 15 is 0 Å². The quantitative estimate of drug-likeness (QED) is 0.387. The van der Waals surface area contributed by atoms with Gasteiger partial charge >= 0.3 is 6.09 Å². The number of aromatic amines is 1. The predicted molar refractivity (Wildman–Crippen MR) is 119 cm³/mol. The lowest BCUT2D eigenvalue weighted by Gasteiger charge is -2.19. The van der Waals surface area contributed by atoms with E-state index < -0.39 is 34.6 Å². The lowest BCUT2D eigenvalue weighted by molar-refractivity contribution is 0.0527. The number of imidazole rings is 1. The number of nitrogens with one attached hydrogen (secondary N) is 2. The Kier molecular flexibility index (Phi) is 8.89. The van der Waals surface area contributed by atoms with Crippen molar-refractivity contribution < 1.29 is 23.4 Å². The number of alkyl carbamates (subject to hydrolysis) is 1. The summed E-state index contributed by atoms with van der Waals surface area (Å²) in [4.78, 5) is 37.7. The summed E-state index contributed by atoms with van der Waals surface area (Å²) in [6, 6.07) is 1.77. The van der Waals surface area contributed by atoms with E-state index in [0.29, 0.717) is 19.5 Å². The molecule has 0 spiro atoms. The molecule has 0 saturated heterocycles. The number of carbonyl (C=O) groups is 1. The highest BCUT2D eigenvalue weighted by molar-refractivity contribution is 5.67. The Morgan fingerprint density at radius 2 is 1.85 bits per heavy atom. The van der Waals surface area contributed by atoms with Crippen LogP contribution in [0.4, 0.5) is 13.6 Å². The van der Waals surface area contributed by atoms with Gasteiger partial charge in [-0.2, -0.15) is 0 Å². The minimum Gasteiger partial charge on any atom is -0.503 e. The van der Waals surface area contributed by atoms with Crippen molar-refractivity contribution in [1.82, 2.24) is 14.9 Å². The van der Waals surface area contributed by atoms with Crippen LogP contribution >= 0.6 is 0 Å². The number of nitrogens with zero attached hydrogens (tertiary/aromatic N) is 2. The second-order valence-corrected chi connectivity index (χ2v) is 8.44. The molecule has 0 fully saturated rings. The number of carbonyl (C=O) groups excluding carboxylic acids is 1. The Morgan fingerprint density at radius 1 is 1.21 bits per heavy atom. The van der Waals surface area contributed by atoms with Crippen molar-refractivity contribution in [3.8, 4) is 5.75 Å². The number of rotatable bonds is 9. The van der Waals surface area contributed by atoms with Gasteiger partial charge in [-0.1, -0.05) is 12.8 Å². The maximum Gasteiger partial charge on any atom is 0.407 e. The summed E-state index contributed by atoms with van der Waals surface area (Å²) >= 11 is 0. The zero-order chi connectivity index (χ0) is 24.6. The number of hydrogen-bond acceptors (Lipinski definition) is 6. The van der Waals surface area contributed by atoms with E-state index in [-0.39, 0.29) is 16.4 Å². The molecule has 0 saturated carbocycles. The van der Waals surface area contributed by atoms with E-state index in [1.807, 2.05) is 0 Å². The SMILES string of the molecule is CC(C)(C)OC(=O)NCCCCCCn1c(=O)/c(=C/c2cc(F)c(O)c(F)c2)[nH]/c1=C/N=O. The molecule has 2 aromatic rings. The molecule has 1 aromatic carbocycles. The number of phenolic OH excluding ortho intramolecular Hbond substituents is 1. The first-order valence-electron chi connectivity index (χ1n) is 10.5. The highest BCUT2D eigenvalue weighted by Crippen LogP contribution is 2.21. The molecule has 1 amide bonds. The van der Waals surface area contributed by atoms with E-state index in [4.69, 9.17) is 4.74 Å². The number of aromatic nitrogens is 2. The fourth-order valence-electron chi connectivity index (χ4n) is 3.07. The minimum absolute atomic E-state index is 0.0101. The number of ether oxygens (including phenoxy) is 1. The van der Waals surface area contributed by atoms with Crippen molar-refractivity contribution in [2.75, 3.05) is 6.54 Å². The molecule has 0 unspecified atom stereocenters. The average Bonchev–Trinajstić information content (AvgIpc) is 2.99. The van der Waals surface area contributed by atoms with Crippen LogP contribution in [0.5, 0.6) is 5.75 Å². The lowest BCUT2D eigenvalue weighted by atomic mass is 10.2. The average molecular weight is 466 g/mol. The smallest absolute Gasteiger partial charge is 0.407 e. The summed E-state index contributed by atoms with van der Waals surface area (Å²) < 4.78 is 33.6. The summed E-state index contributed by atoms with van der Waals surface area (Å²) in [6.07, 6.45) is 4.59. The molecule has 0 aliphatic rings. The summed E-state index contributed by atoms with van der Waals surface area (Å²) in [6.45, 7) is 6.11. The third kappa shape index (κ3) is 7.85. The van der Waals surface area contributed by atoms with Crippen molar-refractivity contribution in [2.45, 2.75) is 58.6 Å². The van der Waals surface area contributed by atoms with E-state index in [2.05, 4.69) is 15.5 Å². The van der Waals surface area contributed by atoms with E-state index in [0.717, 1.165) is 37.6 Å². The van der Waals surface area contributed by atoms with Gasteiger partial charge in [-0.25, -0.2) is 13.6 Å². The Labute approximate surface area is 188 Å². The Bertz CT molecular complexity index is 1140. The zero-order valence-electron chi connectivity index (χ0n) is 18.8. The van der Waals surface area contributed by atoms with E-state index in [1.165, 1.54) is 10.6 Å². The number of phenols is 1. The summed E-state index contributed by atoms with van der Waals surface area (Å²) in [7, 11) is 0. The second-order valence-electron chi connectivity index (χ2n) is 8.44. The van der Waals surface area contributed by atoms with Gasteiger partial charge in [-0.3, -0.25) is 9.36 Å². The first kappa shape index (κ1) is 25.8. The fourth-order valence-corrected chi connectivity index (χ4v) is 3.07. The number of halogens is 2. The summed E-state index contributed by atoms with van der Waals surface area (Å²) in [5.41, 5.74) is -0.853. The highest BCUT2D eigenvalue weighted by Gasteiger charge is 2.15. The first-order valence-corrected chi connectivity index (χ1v) is 10.5. The van der Waals surface area contributed by atoms with Crippen molar-refractivity contribution >= 4 is 18.4 Å². The molecule has 9 nitrogen and oxygen atoms in total. The van der Waals surface area contributed by atoms with Gasteiger partial charge in [0.25, 0.3) is 5.56 Å². The van der Waals surface area contributed by atoms with E-state index in [9.17, 15) is 28.4 Å². The van der Waals surface area contributed by atoms with Gasteiger partial charge in [-0.05, 0) is 62.6 Å². The van der Waals surface area contributed by atoms with Crippen LogP contribution in [0.3, 0.4) is 0 Å². The molecule has 0 bridgehead atoms. The molecule has 180 valence electrons. The number of aromatic hydroxyl groups is 1. The molecular formula is C22H28F2N4O5. The van der Waals surface area contributed by atoms with Crippen LogP contribution < -0.4 is 21.7 Å². The van der Waals surface area contributed by atoms with Crippen LogP contribution in [0, 0.1) is 16.5 Å². The van der Waals surface area contributed by atoms with Gasteiger partial charge in [0.2, 0.25) is 0 Å². The molecule has 2 rings (SSSR count). The lowest BCUT2D eigenvalue weighted by Crippen LogP contribution is -2.33. The van der Waals surface area contributed by atoms with Gasteiger partial charge in [-0.15, -0.1) is 4.91 Å². The molecule has 0 aliphatic heterocycles. The van der Waals surface area contributed by atoms with Crippen LogP contribution in [-0.4, -0.2) is 32.9 Å². The highest BCUT2D eigenvalue weighted by atomic mass is 19.1. The molecule has 1 aromatic heterocycles. The van der Waals surface area contributed by atoms with Crippen LogP contribution in [-0.2, 0) is 11.3 Å². The van der Waals surface area contributed by atoms with Gasteiger partial charge < -0.3 is 20.1 Å². The monoisotopic (exact) mass is 466 g/mol. The van der Waals surface area contributed by atoms with Gasteiger partial charge in [0, 0.05) is 13.1 Å². The molecule has 33 heavy (non-hydrogen) atoms. The number of hydrogen-bond donors (Lipinski definition) is 3. The maximum atomic E-state index is 13.6. The van der Waals surface area contributed by atoms with Gasteiger partial charge in [0.1, 0.15) is 22.6 Å². The number of benzene rings is 1. The minimum atomic E-state index is -1.16. The van der Waals surface area contributed by atoms with Crippen molar-refractivity contribution in [2.24, 2.45) is 5.18 Å². The topological polar surface area (TPSA) is 126 Å². The Hall–Kier alpha value is -3.50. The normalized spacial score (nSPS) is 12.8. The van der Waals surface area contributed by atoms with Crippen LogP contribution in [0.2, 0.25) is 0 Å². The molecule has 11 heteroatoms. The van der Waals surface area contributed by atoms with Crippen LogP contribution in [0.15, 0.2) is 22.1 Å². The number of nitroso groups, excluding NO2 is 1. The van der Waals surface area contributed by atoms with E-state index in [1.54, 1.807) is 20.8 Å². The molecule has 3 N–H and O–H groups in total. The fraction of sp³-hybridized carbons (Fsp3) is 0.455. The molecular weight excluding hydrogens is 438 g/mol. The molecule has 0 atom stereocenters. The standard InChI is InChI=1S/C22H28F2N4O5/c1-22(2,3)33-21(31)25-8-6-4-5-7-9-28-18(13-26-32)27-17(20(28)30)12-14-10-15(23)19(29)16(24)11-14/h10-13,27,29H,4-9H2,1-3H3,(H,25,31)/b17-12-,18-13-. The Morgan fingerprint density at radius 3 is 2.45 bits per heavy atom. The summed E-state index contributed by atoms with van der Waals surface area (Å²) in [5.74, 6) is -3.41. The number of H-pyrrole nitrogens is 1. The number of unbranched alkanes of at least 4 members (excludes halogenated alkanes) is 3. The van der Waals surface area contributed by atoms with Crippen molar-refractivity contribution in [3.05, 3.63) is 55.4 Å². The third-order valence-electron chi connectivity index (χ3n) is 4.53.